The summed E-state index contributed by atoms with van der Waals surface area (Å²) in [4.78, 5) is 12.6. The fraction of sp³-hybridized carbons (Fsp3) is 0.286. The second-order valence-corrected chi connectivity index (χ2v) is 8.54. The van der Waals surface area contributed by atoms with E-state index in [1.807, 2.05) is 24.3 Å². The minimum Gasteiger partial charge on any atom is -0.388 e. The van der Waals surface area contributed by atoms with Crippen molar-refractivity contribution in [3.63, 3.8) is 0 Å². The number of hydrogen-bond acceptors (Lipinski definition) is 8. The van der Waals surface area contributed by atoms with E-state index in [9.17, 15) is 10.2 Å². The fourth-order valence-electron chi connectivity index (χ4n) is 4.06. The number of rotatable bonds is 4. The van der Waals surface area contributed by atoms with Gasteiger partial charge in [-0.2, -0.15) is 0 Å². The Labute approximate surface area is 185 Å². The molecule has 1 aliphatic heterocycles. The van der Waals surface area contributed by atoms with Crippen molar-refractivity contribution >= 4 is 49.5 Å². The summed E-state index contributed by atoms with van der Waals surface area (Å²) < 4.78 is 8.49. The third-order valence-electron chi connectivity index (χ3n) is 5.73. The third kappa shape index (κ3) is 3.51. The fourth-order valence-corrected chi connectivity index (χ4v) is 4.39. The van der Waals surface area contributed by atoms with Crippen molar-refractivity contribution < 1.29 is 14.9 Å². The first-order valence-electron chi connectivity index (χ1n) is 9.85. The summed E-state index contributed by atoms with van der Waals surface area (Å²) in [6.07, 6.45) is 0.869. The number of anilines is 2. The molecule has 1 saturated heterocycles. The molecule has 0 saturated carbocycles. The molecule has 9 nitrogen and oxygen atoms in total. The van der Waals surface area contributed by atoms with Gasteiger partial charge < -0.3 is 31.0 Å². The number of nitrogens with two attached hydrogens (primary N) is 2. The Balaban J connectivity index is 1.34. The SMILES string of the molecule is Nc1nc2cc(CCC3O[C@@H](n4ccc5c(N)ncnc54)[C@H](O)[C@@H]3O)ccc2cc1Br. The second-order valence-electron chi connectivity index (χ2n) is 7.69. The van der Waals surface area contributed by atoms with Gasteiger partial charge in [0, 0.05) is 11.6 Å². The molecule has 0 bridgehead atoms. The summed E-state index contributed by atoms with van der Waals surface area (Å²) in [6, 6.07) is 9.69. The summed E-state index contributed by atoms with van der Waals surface area (Å²) in [5.74, 6) is 0.791. The maximum Gasteiger partial charge on any atom is 0.164 e. The molecule has 1 aliphatic rings. The molecule has 1 unspecified atom stereocenters. The molecule has 4 aromatic rings. The molecule has 3 aromatic heterocycles. The van der Waals surface area contributed by atoms with Crippen LogP contribution in [0.5, 0.6) is 0 Å². The molecule has 0 aliphatic carbocycles. The number of aliphatic hydroxyl groups excluding tert-OH is 2. The first kappa shape index (κ1) is 20.1. The summed E-state index contributed by atoms with van der Waals surface area (Å²) >= 11 is 3.39. The van der Waals surface area contributed by atoms with E-state index in [0.717, 1.165) is 20.9 Å². The molecule has 1 aromatic carbocycles. The van der Waals surface area contributed by atoms with Crippen LogP contribution >= 0.6 is 15.9 Å². The minimum atomic E-state index is -1.09. The molecule has 0 radical (unpaired) electrons. The average molecular weight is 485 g/mol. The van der Waals surface area contributed by atoms with Gasteiger partial charge in [0.05, 0.1) is 21.5 Å². The molecule has 10 heteroatoms. The van der Waals surface area contributed by atoms with E-state index in [2.05, 4.69) is 30.9 Å². The zero-order chi connectivity index (χ0) is 21.7. The predicted octanol–water partition coefficient (Wildman–Crippen LogP) is 2.16. The molecule has 1 fully saturated rings. The van der Waals surface area contributed by atoms with Gasteiger partial charge in [0.1, 0.15) is 35.8 Å². The highest BCUT2D eigenvalue weighted by Crippen LogP contribution is 2.34. The van der Waals surface area contributed by atoms with Crippen LogP contribution in [0.1, 0.15) is 18.2 Å². The van der Waals surface area contributed by atoms with Gasteiger partial charge >= 0.3 is 0 Å². The van der Waals surface area contributed by atoms with E-state index < -0.39 is 24.5 Å². The number of aromatic nitrogens is 4. The first-order valence-corrected chi connectivity index (χ1v) is 10.6. The predicted molar refractivity (Wildman–Crippen MR) is 120 cm³/mol. The van der Waals surface area contributed by atoms with Crippen molar-refractivity contribution in [2.24, 2.45) is 0 Å². The Morgan fingerprint density at radius 3 is 2.74 bits per heavy atom. The molecule has 31 heavy (non-hydrogen) atoms. The third-order valence-corrected chi connectivity index (χ3v) is 6.37. The largest absolute Gasteiger partial charge is 0.388 e. The number of hydrogen-bond donors (Lipinski definition) is 4. The normalized spacial score (nSPS) is 23.7. The lowest BCUT2D eigenvalue weighted by Gasteiger charge is -2.17. The van der Waals surface area contributed by atoms with Gasteiger partial charge in [-0.1, -0.05) is 12.1 Å². The summed E-state index contributed by atoms with van der Waals surface area (Å²) in [7, 11) is 0. The Kier molecular flexibility index (Phi) is 5.01. The van der Waals surface area contributed by atoms with Crippen LogP contribution in [0.25, 0.3) is 21.9 Å². The van der Waals surface area contributed by atoms with Gasteiger partial charge in [-0.3, -0.25) is 0 Å². The monoisotopic (exact) mass is 484 g/mol. The van der Waals surface area contributed by atoms with Crippen LogP contribution in [0.15, 0.2) is 47.3 Å². The topological polar surface area (TPSA) is 145 Å². The molecule has 6 N–H and O–H groups in total. The standard InChI is InChI=1S/C21H21BrN6O3/c22-13-8-11-3-1-10(7-14(11)27-19(13)24)2-4-15-16(29)17(30)21(31-15)28-6-5-12-18(23)25-9-26-20(12)28/h1,3,5-9,15-17,21,29-30H,2,4H2,(H2,24,27)(H2,23,25,26)/t15?,16-,17-,21-/m1/s1. The number of benzene rings is 1. The molecule has 5 rings (SSSR count). The highest BCUT2D eigenvalue weighted by atomic mass is 79.9. The maximum absolute atomic E-state index is 10.6. The van der Waals surface area contributed by atoms with Gasteiger partial charge in [-0.15, -0.1) is 0 Å². The van der Waals surface area contributed by atoms with Crippen LogP contribution in [0.3, 0.4) is 0 Å². The second kappa shape index (κ2) is 7.72. The molecular weight excluding hydrogens is 464 g/mol. The molecule has 0 spiro atoms. The van der Waals surface area contributed by atoms with Crippen molar-refractivity contribution in [1.82, 2.24) is 19.5 Å². The van der Waals surface area contributed by atoms with Crippen molar-refractivity contribution in [1.29, 1.82) is 0 Å². The maximum atomic E-state index is 10.6. The highest BCUT2D eigenvalue weighted by Gasteiger charge is 2.43. The molecule has 4 atom stereocenters. The van der Waals surface area contributed by atoms with Gasteiger partial charge in [0.2, 0.25) is 0 Å². The van der Waals surface area contributed by atoms with Crippen LogP contribution < -0.4 is 11.5 Å². The van der Waals surface area contributed by atoms with E-state index in [1.54, 1.807) is 16.8 Å². The number of aryl methyl sites for hydroxylation is 1. The number of aliphatic hydroxyl groups is 2. The molecule has 4 heterocycles. The van der Waals surface area contributed by atoms with Gasteiger partial charge in [-0.25, -0.2) is 15.0 Å². The number of halogens is 1. The van der Waals surface area contributed by atoms with Crippen LogP contribution in [-0.2, 0) is 11.2 Å². The van der Waals surface area contributed by atoms with E-state index in [4.69, 9.17) is 16.2 Å². The van der Waals surface area contributed by atoms with E-state index >= 15 is 0 Å². The number of pyridine rings is 1. The van der Waals surface area contributed by atoms with Gasteiger partial charge in [-0.05, 0) is 52.5 Å². The van der Waals surface area contributed by atoms with Crippen molar-refractivity contribution in [2.45, 2.75) is 37.4 Å². The summed E-state index contributed by atoms with van der Waals surface area (Å²) in [5, 5.41) is 22.9. The highest BCUT2D eigenvalue weighted by molar-refractivity contribution is 9.10. The molecule has 160 valence electrons. The van der Waals surface area contributed by atoms with Crippen LogP contribution in [0.2, 0.25) is 0 Å². The first-order chi connectivity index (χ1) is 14.9. The van der Waals surface area contributed by atoms with Crippen molar-refractivity contribution in [3.05, 3.63) is 52.9 Å². The van der Waals surface area contributed by atoms with E-state index in [1.165, 1.54) is 6.33 Å². The van der Waals surface area contributed by atoms with Crippen LogP contribution in [0, 0.1) is 0 Å². The Morgan fingerprint density at radius 1 is 1.06 bits per heavy atom. The molecule has 0 amide bonds. The minimum absolute atomic E-state index is 0.353. The number of nitrogen functional groups attached to an aromatic ring is 2. The Bertz CT molecular complexity index is 1280. The number of fused-ring (bicyclic) bond motifs is 2. The average Bonchev–Trinajstić information content (AvgIpc) is 3.30. The van der Waals surface area contributed by atoms with Crippen molar-refractivity contribution in [2.75, 3.05) is 11.5 Å². The Hall–Kier alpha value is -2.79. The molecular formula is C21H21BrN6O3. The van der Waals surface area contributed by atoms with Crippen LogP contribution in [0.4, 0.5) is 11.6 Å². The zero-order valence-corrected chi connectivity index (χ0v) is 18.0. The van der Waals surface area contributed by atoms with E-state index in [0.29, 0.717) is 35.5 Å². The smallest absolute Gasteiger partial charge is 0.164 e. The van der Waals surface area contributed by atoms with Gasteiger partial charge in [0.25, 0.3) is 0 Å². The van der Waals surface area contributed by atoms with E-state index in [-0.39, 0.29) is 0 Å². The van der Waals surface area contributed by atoms with Crippen molar-refractivity contribution in [3.8, 4) is 0 Å². The number of nitrogens with zero attached hydrogens (tertiary/aromatic N) is 4. The number of ether oxygens (including phenoxy) is 1. The van der Waals surface area contributed by atoms with Crippen LogP contribution in [-0.4, -0.2) is 48.0 Å². The lowest BCUT2D eigenvalue weighted by atomic mass is 10.0. The quantitative estimate of drug-likeness (QED) is 0.344. The summed E-state index contributed by atoms with van der Waals surface area (Å²) in [5.41, 5.74) is 14.2. The summed E-state index contributed by atoms with van der Waals surface area (Å²) in [6.45, 7) is 0. The lowest BCUT2D eigenvalue weighted by Crippen LogP contribution is -2.31. The lowest BCUT2D eigenvalue weighted by molar-refractivity contribution is -0.0364. The Morgan fingerprint density at radius 2 is 1.90 bits per heavy atom. The zero-order valence-electron chi connectivity index (χ0n) is 16.4. The van der Waals surface area contributed by atoms with Gasteiger partial charge in [0.15, 0.2) is 6.23 Å².